The third-order valence-corrected chi connectivity index (χ3v) is 4.32. The van der Waals surface area contributed by atoms with E-state index in [2.05, 4.69) is 46.4 Å². The van der Waals surface area contributed by atoms with Gasteiger partial charge in [-0.15, -0.1) is 0 Å². The Labute approximate surface area is 159 Å². The number of benzene rings is 2. The number of aliphatic hydroxyl groups is 1. The maximum Gasteiger partial charge on any atom is 0.159 e. The van der Waals surface area contributed by atoms with Gasteiger partial charge in [0.15, 0.2) is 5.82 Å². The number of rotatable bonds is 7. The molecule has 0 aliphatic carbocycles. The van der Waals surface area contributed by atoms with Crippen molar-refractivity contribution in [1.82, 2.24) is 9.97 Å². The maximum absolute atomic E-state index is 9.37. The fourth-order valence-electron chi connectivity index (χ4n) is 2.77. The van der Waals surface area contributed by atoms with Crippen LogP contribution in [0.3, 0.4) is 0 Å². The highest BCUT2D eigenvalue weighted by Crippen LogP contribution is 2.22. The number of phenolic OH excluding ortho intramolecular Hbond substituents is 1. The van der Waals surface area contributed by atoms with Gasteiger partial charge in [0.05, 0.1) is 6.10 Å². The maximum atomic E-state index is 9.37. The summed E-state index contributed by atoms with van der Waals surface area (Å²) in [4.78, 5) is 8.87. The average molecular weight is 360 g/mol. The Bertz CT molecular complexity index is 868. The van der Waals surface area contributed by atoms with Gasteiger partial charge in [-0.3, -0.25) is 0 Å². The van der Waals surface area contributed by atoms with Gasteiger partial charge in [0, 0.05) is 23.5 Å². The zero-order valence-electron chi connectivity index (χ0n) is 15.4. The van der Waals surface area contributed by atoms with Gasteiger partial charge < -0.3 is 10.2 Å². The van der Waals surface area contributed by atoms with Crippen molar-refractivity contribution in [1.29, 1.82) is 0 Å². The lowest BCUT2D eigenvalue weighted by molar-refractivity contribution is 0.182. The highest BCUT2D eigenvalue weighted by atomic mass is 16.3. The van der Waals surface area contributed by atoms with Crippen molar-refractivity contribution in [2.24, 2.45) is 0 Å². The fourth-order valence-corrected chi connectivity index (χ4v) is 2.77. The molecule has 0 bridgehead atoms. The predicted molar refractivity (Wildman–Crippen MR) is 109 cm³/mol. The molecule has 138 valence electrons. The van der Waals surface area contributed by atoms with Crippen molar-refractivity contribution in [2.45, 2.75) is 32.3 Å². The summed E-state index contributed by atoms with van der Waals surface area (Å²) in [6, 6.07) is 15.1. The number of aromatic nitrogens is 2. The van der Waals surface area contributed by atoms with Crippen LogP contribution >= 0.6 is 0 Å². The first-order valence-corrected chi connectivity index (χ1v) is 9.18. The van der Waals surface area contributed by atoms with Crippen LogP contribution in [0.4, 0.5) is 0 Å². The monoisotopic (exact) mass is 360 g/mol. The van der Waals surface area contributed by atoms with Crippen molar-refractivity contribution in [3.05, 3.63) is 72.6 Å². The fraction of sp³-hybridized carbons (Fsp3) is 0.217. The summed E-state index contributed by atoms with van der Waals surface area (Å²) < 4.78 is 0. The van der Waals surface area contributed by atoms with Gasteiger partial charge in [-0.1, -0.05) is 36.4 Å². The zero-order valence-corrected chi connectivity index (χ0v) is 15.4. The molecule has 1 unspecified atom stereocenters. The summed E-state index contributed by atoms with van der Waals surface area (Å²) in [6.07, 6.45) is 10.5. The lowest BCUT2D eigenvalue weighted by Crippen LogP contribution is -1.97. The number of nitrogens with zero attached hydrogens (tertiary/aromatic N) is 2. The first-order valence-electron chi connectivity index (χ1n) is 9.18. The molecule has 0 aliphatic heterocycles. The lowest BCUT2D eigenvalue weighted by Gasteiger charge is -2.04. The van der Waals surface area contributed by atoms with Crippen LogP contribution < -0.4 is 0 Å². The summed E-state index contributed by atoms with van der Waals surface area (Å²) in [5.41, 5.74) is 4.05. The van der Waals surface area contributed by atoms with Crippen LogP contribution in [0.25, 0.3) is 28.6 Å². The Kier molecular flexibility index (Phi) is 6.34. The molecular weight excluding hydrogens is 336 g/mol. The number of hydrogen-bond acceptors (Lipinski definition) is 4. The van der Waals surface area contributed by atoms with E-state index in [9.17, 15) is 10.2 Å². The number of aliphatic hydroxyl groups excluding tert-OH is 1. The SMILES string of the molecule is CC(O)CCC/C=C/c1ccc(-c2cnc(-c3ccc(O)cc3)nc2)cc1. The van der Waals surface area contributed by atoms with Gasteiger partial charge in [-0.05, 0) is 61.6 Å². The van der Waals surface area contributed by atoms with Crippen molar-refractivity contribution >= 4 is 6.08 Å². The summed E-state index contributed by atoms with van der Waals surface area (Å²) >= 11 is 0. The summed E-state index contributed by atoms with van der Waals surface area (Å²) in [7, 11) is 0. The first kappa shape index (κ1) is 18.8. The van der Waals surface area contributed by atoms with Crippen LogP contribution in [-0.4, -0.2) is 26.3 Å². The summed E-state index contributed by atoms with van der Waals surface area (Å²) in [5, 5.41) is 18.6. The van der Waals surface area contributed by atoms with Crippen molar-refractivity contribution in [3.8, 4) is 28.3 Å². The molecule has 0 fully saturated rings. The molecule has 4 nitrogen and oxygen atoms in total. The van der Waals surface area contributed by atoms with E-state index in [1.807, 2.05) is 19.3 Å². The van der Waals surface area contributed by atoms with E-state index >= 15 is 0 Å². The Hall–Kier alpha value is -2.98. The molecule has 4 heteroatoms. The largest absolute Gasteiger partial charge is 0.508 e. The Morgan fingerprint density at radius 3 is 2.15 bits per heavy atom. The van der Waals surface area contributed by atoms with Crippen LogP contribution in [-0.2, 0) is 0 Å². The molecule has 0 saturated carbocycles. The van der Waals surface area contributed by atoms with E-state index in [1.54, 1.807) is 24.3 Å². The molecule has 0 radical (unpaired) electrons. The van der Waals surface area contributed by atoms with Crippen molar-refractivity contribution in [3.63, 3.8) is 0 Å². The summed E-state index contributed by atoms with van der Waals surface area (Å²) in [6.45, 7) is 1.82. The van der Waals surface area contributed by atoms with Crippen LogP contribution in [0.1, 0.15) is 31.7 Å². The van der Waals surface area contributed by atoms with Crippen LogP contribution in [0.15, 0.2) is 67.0 Å². The van der Waals surface area contributed by atoms with E-state index in [-0.39, 0.29) is 11.9 Å². The molecule has 3 aromatic rings. The van der Waals surface area contributed by atoms with Crippen molar-refractivity contribution in [2.75, 3.05) is 0 Å². The minimum Gasteiger partial charge on any atom is -0.508 e. The van der Waals surface area contributed by atoms with Gasteiger partial charge in [-0.2, -0.15) is 0 Å². The molecule has 1 heterocycles. The topological polar surface area (TPSA) is 66.2 Å². The normalized spacial score (nSPS) is 12.4. The van der Waals surface area contributed by atoms with Gasteiger partial charge in [0.2, 0.25) is 0 Å². The molecule has 2 aromatic carbocycles. The van der Waals surface area contributed by atoms with Crippen LogP contribution in [0.2, 0.25) is 0 Å². The second kappa shape index (κ2) is 9.10. The first-order chi connectivity index (χ1) is 13.1. The smallest absolute Gasteiger partial charge is 0.159 e. The lowest BCUT2D eigenvalue weighted by atomic mass is 10.1. The minimum absolute atomic E-state index is 0.222. The van der Waals surface area contributed by atoms with E-state index < -0.39 is 0 Å². The molecule has 0 spiro atoms. The molecule has 0 aliphatic rings. The third-order valence-electron chi connectivity index (χ3n) is 4.32. The van der Waals surface area contributed by atoms with Crippen molar-refractivity contribution < 1.29 is 10.2 Å². The second-order valence-corrected chi connectivity index (χ2v) is 6.65. The van der Waals surface area contributed by atoms with Gasteiger partial charge >= 0.3 is 0 Å². The molecule has 3 rings (SSSR count). The number of hydrogen-bond donors (Lipinski definition) is 2. The molecule has 27 heavy (non-hydrogen) atoms. The summed E-state index contributed by atoms with van der Waals surface area (Å²) in [5.74, 6) is 0.864. The number of allylic oxidation sites excluding steroid dienone is 1. The van der Waals surface area contributed by atoms with E-state index in [4.69, 9.17) is 0 Å². The van der Waals surface area contributed by atoms with Gasteiger partial charge in [0.25, 0.3) is 0 Å². The standard InChI is InChI=1S/C23H24N2O2/c1-17(26)5-3-2-4-6-18-7-9-19(10-8-18)21-15-24-23(25-16-21)20-11-13-22(27)14-12-20/h4,6-17,26-27H,2-3,5H2,1H3/b6-4+. The van der Waals surface area contributed by atoms with Gasteiger partial charge in [0.1, 0.15) is 5.75 Å². The number of phenols is 1. The van der Waals surface area contributed by atoms with E-state index in [0.717, 1.165) is 41.5 Å². The predicted octanol–water partition coefficient (Wildman–Crippen LogP) is 5.08. The Morgan fingerprint density at radius 2 is 1.52 bits per heavy atom. The molecule has 1 atom stereocenters. The average Bonchev–Trinajstić information content (AvgIpc) is 2.69. The molecular formula is C23H24N2O2. The van der Waals surface area contributed by atoms with Crippen LogP contribution in [0, 0.1) is 0 Å². The molecule has 0 saturated heterocycles. The Balaban J connectivity index is 1.63. The van der Waals surface area contributed by atoms with E-state index in [0.29, 0.717) is 5.82 Å². The third kappa shape index (κ3) is 5.50. The quantitative estimate of drug-likeness (QED) is 0.577. The van der Waals surface area contributed by atoms with E-state index in [1.165, 1.54) is 0 Å². The molecule has 0 amide bonds. The van der Waals surface area contributed by atoms with Crippen LogP contribution in [0.5, 0.6) is 5.75 Å². The molecule has 1 aromatic heterocycles. The highest BCUT2D eigenvalue weighted by Gasteiger charge is 2.03. The van der Waals surface area contributed by atoms with Gasteiger partial charge in [-0.25, -0.2) is 9.97 Å². The molecule has 2 N–H and O–H groups in total. The second-order valence-electron chi connectivity index (χ2n) is 6.65. The number of aromatic hydroxyl groups is 1. The minimum atomic E-state index is -0.222. The highest BCUT2D eigenvalue weighted by molar-refractivity contribution is 5.66. The Morgan fingerprint density at radius 1 is 0.889 bits per heavy atom. The number of unbranched alkanes of at least 4 members (excludes halogenated alkanes) is 1. The zero-order chi connectivity index (χ0) is 19.1.